The zero-order valence-corrected chi connectivity index (χ0v) is 10.8. The lowest BCUT2D eigenvalue weighted by atomic mass is 9.96. The molecule has 1 atom stereocenters. The summed E-state index contributed by atoms with van der Waals surface area (Å²) in [5.41, 5.74) is 5.85. The summed E-state index contributed by atoms with van der Waals surface area (Å²) in [5.74, 6) is 2.40. The second-order valence-electron chi connectivity index (χ2n) is 5.41. The molecule has 0 saturated heterocycles. The highest BCUT2D eigenvalue weighted by atomic mass is 15.3. The number of aromatic nitrogens is 3. The summed E-state index contributed by atoms with van der Waals surface area (Å²) in [6, 6.07) is 0. The van der Waals surface area contributed by atoms with Crippen LogP contribution in [0.3, 0.4) is 0 Å². The van der Waals surface area contributed by atoms with Gasteiger partial charge >= 0.3 is 0 Å². The fourth-order valence-corrected chi connectivity index (χ4v) is 2.55. The zero-order chi connectivity index (χ0) is 12.3. The molecule has 1 aromatic rings. The first kappa shape index (κ1) is 12.5. The van der Waals surface area contributed by atoms with Crippen LogP contribution < -0.4 is 5.73 Å². The van der Waals surface area contributed by atoms with Crippen molar-refractivity contribution in [2.24, 2.45) is 17.6 Å². The van der Waals surface area contributed by atoms with E-state index in [0.717, 1.165) is 44.5 Å². The van der Waals surface area contributed by atoms with E-state index >= 15 is 0 Å². The lowest BCUT2D eigenvalue weighted by Crippen LogP contribution is -2.39. The normalized spacial score (nSPS) is 18.4. The second kappa shape index (κ2) is 5.60. The van der Waals surface area contributed by atoms with Gasteiger partial charge < -0.3 is 10.3 Å². The van der Waals surface area contributed by atoms with Gasteiger partial charge in [-0.2, -0.15) is 0 Å². The van der Waals surface area contributed by atoms with Crippen molar-refractivity contribution in [3.63, 3.8) is 0 Å². The highest BCUT2D eigenvalue weighted by Crippen LogP contribution is 2.15. The average molecular weight is 237 g/mol. The molecule has 17 heavy (non-hydrogen) atoms. The van der Waals surface area contributed by atoms with Gasteiger partial charge in [0.15, 0.2) is 0 Å². The Kier molecular flexibility index (Phi) is 4.12. The Morgan fingerprint density at radius 1 is 1.41 bits per heavy atom. The third-order valence-corrected chi connectivity index (χ3v) is 3.37. The standard InChI is InChI=1S/C12H23N5/c1-10(2)5-11(6-13)7-16-3-4-17-9-14-15-12(17)8-16/h9-11H,3-8,13H2,1-2H3. The monoisotopic (exact) mass is 237 g/mol. The van der Waals surface area contributed by atoms with Crippen LogP contribution in [0.5, 0.6) is 0 Å². The Morgan fingerprint density at radius 3 is 2.94 bits per heavy atom. The predicted molar refractivity (Wildman–Crippen MR) is 67.3 cm³/mol. The van der Waals surface area contributed by atoms with E-state index in [1.54, 1.807) is 0 Å². The van der Waals surface area contributed by atoms with Gasteiger partial charge in [-0.15, -0.1) is 10.2 Å². The highest BCUT2D eigenvalue weighted by Gasteiger charge is 2.20. The quantitative estimate of drug-likeness (QED) is 0.819. The van der Waals surface area contributed by atoms with E-state index in [2.05, 4.69) is 33.5 Å². The maximum atomic E-state index is 5.85. The largest absolute Gasteiger partial charge is 0.330 e. The maximum Gasteiger partial charge on any atom is 0.147 e. The van der Waals surface area contributed by atoms with Gasteiger partial charge in [-0.25, -0.2) is 0 Å². The first-order chi connectivity index (χ1) is 8.19. The van der Waals surface area contributed by atoms with Crippen LogP contribution in [0.2, 0.25) is 0 Å². The molecule has 0 aromatic carbocycles. The summed E-state index contributed by atoms with van der Waals surface area (Å²) < 4.78 is 2.14. The van der Waals surface area contributed by atoms with Crippen molar-refractivity contribution in [2.45, 2.75) is 33.4 Å². The minimum Gasteiger partial charge on any atom is -0.330 e. The summed E-state index contributed by atoms with van der Waals surface area (Å²) >= 11 is 0. The molecule has 2 heterocycles. The van der Waals surface area contributed by atoms with Crippen molar-refractivity contribution in [2.75, 3.05) is 19.6 Å². The van der Waals surface area contributed by atoms with Gasteiger partial charge in [-0.1, -0.05) is 13.8 Å². The van der Waals surface area contributed by atoms with Crippen LogP contribution in [0.4, 0.5) is 0 Å². The number of nitrogens with two attached hydrogens (primary N) is 1. The van der Waals surface area contributed by atoms with Gasteiger partial charge in [-0.3, -0.25) is 4.90 Å². The van der Waals surface area contributed by atoms with Crippen molar-refractivity contribution < 1.29 is 0 Å². The van der Waals surface area contributed by atoms with Crippen molar-refractivity contribution in [3.8, 4) is 0 Å². The van der Waals surface area contributed by atoms with Crippen LogP contribution in [0.25, 0.3) is 0 Å². The van der Waals surface area contributed by atoms with Gasteiger partial charge in [0.2, 0.25) is 0 Å². The third kappa shape index (κ3) is 3.26. The number of nitrogens with zero attached hydrogens (tertiary/aromatic N) is 4. The Morgan fingerprint density at radius 2 is 2.24 bits per heavy atom. The first-order valence-electron chi connectivity index (χ1n) is 6.48. The molecule has 1 unspecified atom stereocenters. The van der Waals surface area contributed by atoms with Gasteiger partial charge in [0.05, 0.1) is 6.54 Å². The summed E-state index contributed by atoms with van der Waals surface area (Å²) in [4.78, 5) is 2.45. The molecular weight excluding hydrogens is 214 g/mol. The molecule has 2 rings (SSSR count). The minimum absolute atomic E-state index is 0.601. The van der Waals surface area contributed by atoms with Crippen molar-refractivity contribution in [3.05, 3.63) is 12.2 Å². The third-order valence-electron chi connectivity index (χ3n) is 3.37. The van der Waals surface area contributed by atoms with Gasteiger partial charge in [0, 0.05) is 19.6 Å². The Bertz CT molecular complexity index is 346. The smallest absolute Gasteiger partial charge is 0.147 e. The number of fused-ring (bicyclic) bond motifs is 1. The predicted octanol–water partition coefficient (Wildman–Crippen LogP) is 0.715. The molecule has 0 bridgehead atoms. The van der Waals surface area contributed by atoms with E-state index in [1.807, 2.05) is 6.33 Å². The summed E-state index contributed by atoms with van der Waals surface area (Å²) in [5, 5.41) is 8.09. The highest BCUT2D eigenvalue weighted by molar-refractivity contribution is 4.90. The molecular formula is C12H23N5. The minimum atomic E-state index is 0.601. The van der Waals surface area contributed by atoms with Crippen LogP contribution in [0, 0.1) is 11.8 Å². The van der Waals surface area contributed by atoms with Crippen molar-refractivity contribution >= 4 is 0 Å². The molecule has 0 amide bonds. The fraction of sp³-hybridized carbons (Fsp3) is 0.833. The Balaban J connectivity index is 1.88. The molecule has 1 aromatic heterocycles. The van der Waals surface area contributed by atoms with E-state index in [0.29, 0.717) is 5.92 Å². The van der Waals surface area contributed by atoms with Gasteiger partial charge in [0.1, 0.15) is 12.2 Å². The summed E-state index contributed by atoms with van der Waals surface area (Å²) in [6.45, 7) is 9.38. The number of hydrogen-bond acceptors (Lipinski definition) is 4. The Labute approximate surface area is 103 Å². The van der Waals surface area contributed by atoms with Crippen molar-refractivity contribution in [1.29, 1.82) is 0 Å². The molecule has 0 radical (unpaired) electrons. The average Bonchev–Trinajstić information content (AvgIpc) is 2.74. The Hall–Kier alpha value is -0.940. The maximum absolute atomic E-state index is 5.85. The van der Waals surface area contributed by atoms with Crippen LogP contribution in [-0.4, -0.2) is 39.3 Å². The lowest BCUT2D eigenvalue weighted by molar-refractivity contribution is 0.176. The summed E-state index contributed by atoms with van der Waals surface area (Å²) in [7, 11) is 0. The van der Waals surface area contributed by atoms with Gasteiger partial charge in [-0.05, 0) is 24.8 Å². The van der Waals surface area contributed by atoms with E-state index < -0.39 is 0 Å². The topological polar surface area (TPSA) is 60.0 Å². The fourth-order valence-electron chi connectivity index (χ4n) is 2.55. The number of hydrogen-bond donors (Lipinski definition) is 1. The molecule has 96 valence electrons. The molecule has 5 heteroatoms. The molecule has 2 N–H and O–H groups in total. The first-order valence-corrected chi connectivity index (χ1v) is 6.48. The molecule has 1 aliphatic heterocycles. The van der Waals surface area contributed by atoms with Gasteiger partial charge in [0.25, 0.3) is 0 Å². The van der Waals surface area contributed by atoms with Crippen LogP contribution in [0.1, 0.15) is 26.1 Å². The van der Waals surface area contributed by atoms with E-state index in [4.69, 9.17) is 5.73 Å². The van der Waals surface area contributed by atoms with Crippen molar-refractivity contribution in [1.82, 2.24) is 19.7 Å². The second-order valence-corrected chi connectivity index (χ2v) is 5.41. The number of rotatable bonds is 5. The van der Waals surface area contributed by atoms with E-state index in [-0.39, 0.29) is 0 Å². The van der Waals surface area contributed by atoms with Crippen LogP contribution >= 0.6 is 0 Å². The molecule has 0 aliphatic carbocycles. The van der Waals surface area contributed by atoms with Crippen LogP contribution in [-0.2, 0) is 13.1 Å². The molecule has 0 saturated carbocycles. The van der Waals surface area contributed by atoms with E-state index in [9.17, 15) is 0 Å². The zero-order valence-electron chi connectivity index (χ0n) is 10.8. The molecule has 1 aliphatic rings. The van der Waals surface area contributed by atoms with E-state index in [1.165, 1.54) is 6.42 Å². The molecule has 0 fully saturated rings. The SMILES string of the molecule is CC(C)CC(CN)CN1CCn2cnnc2C1. The summed E-state index contributed by atoms with van der Waals surface area (Å²) in [6.07, 6.45) is 3.03. The lowest BCUT2D eigenvalue weighted by Gasteiger charge is -2.30. The molecule has 0 spiro atoms. The van der Waals surface area contributed by atoms with Crippen LogP contribution in [0.15, 0.2) is 6.33 Å². The molecule has 5 nitrogen and oxygen atoms in total.